The fourth-order valence-electron chi connectivity index (χ4n) is 4.88. The maximum Gasteiger partial charge on any atom is 0.278 e. The van der Waals surface area contributed by atoms with Gasteiger partial charge in [0.15, 0.2) is 0 Å². The topological polar surface area (TPSA) is 31.6 Å². The van der Waals surface area contributed by atoms with E-state index in [4.69, 9.17) is 13.6 Å². The summed E-state index contributed by atoms with van der Waals surface area (Å²) in [7, 11) is -2.12. The van der Waals surface area contributed by atoms with Gasteiger partial charge in [-0.1, -0.05) is 73.1 Å². The number of allylic oxidation sites excluding steroid dienone is 1. The molecule has 0 spiro atoms. The summed E-state index contributed by atoms with van der Waals surface area (Å²) < 4.78 is 19.0. The number of ether oxygens (including phenoxy) is 1. The molecule has 1 heterocycles. The Kier molecular flexibility index (Phi) is 9.26. The lowest BCUT2D eigenvalue weighted by Gasteiger charge is -2.41. The molecule has 1 aromatic carbocycles. The summed E-state index contributed by atoms with van der Waals surface area (Å²) in [6, 6.07) is 8.34. The molecule has 0 radical (unpaired) electrons. The first-order valence-corrected chi connectivity index (χ1v) is 14.3. The highest BCUT2D eigenvalue weighted by Crippen LogP contribution is 2.46. The quantitative estimate of drug-likeness (QED) is 0.250. The molecule has 0 aliphatic carbocycles. The zero-order chi connectivity index (χ0) is 24.1. The van der Waals surface area contributed by atoms with Crippen molar-refractivity contribution >= 4 is 8.32 Å². The van der Waals surface area contributed by atoms with E-state index in [0.717, 1.165) is 23.3 Å². The molecule has 0 bridgehead atoms. The molecule has 0 aliphatic rings. The summed E-state index contributed by atoms with van der Waals surface area (Å²) in [5.74, 6) is 2.10. The van der Waals surface area contributed by atoms with E-state index >= 15 is 0 Å². The van der Waals surface area contributed by atoms with Crippen LogP contribution in [0.1, 0.15) is 74.8 Å². The minimum Gasteiger partial charge on any atom is -0.517 e. The third kappa shape index (κ3) is 6.09. The van der Waals surface area contributed by atoms with Crippen molar-refractivity contribution in [3.05, 3.63) is 47.7 Å². The van der Waals surface area contributed by atoms with Crippen LogP contribution in [0.4, 0.5) is 0 Å². The molecule has 0 saturated carbocycles. The molecule has 0 fully saturated rings. The van der Waals surface area contributed by atoms with Crippen LogP contribution in [-0.2, 0) is 6.42 Å². The molecule has 0 unspecified atom stereocenters. The molecule has 0 N–H and O–H groups in total. The van der Waals surface area contributed by atoms with Crippen LogP contribution in [-0.4, -0.2) is 14.9 Å². The fourth-order valence-corrected chi connectivity index (χ4v) is 10.1. The molecule has 2 aromatic rings. The van der Waals surface area contributed by atoms with Gasteiger partial charge >= 0.3 is 0 Å². The predicted octanol–water partition coefficient (Wildman–Crippen LogP) is 9.04. The van der Waals surface area contributed by atoms with Crippen molar-refractivity contribution in [1.29, 1.82) is 0 Å². The van der Waals surface area contributed by atoms with Gasteiger partial charge in [-0.2, -0.15) is 0 Å². The second-order valence-corrected chi connectivity index (χ2v) is 15.9. The Bertz CT molecular complexity index is 847. The first-order chi connectivity index (χ1) is 15.0. The second kappa shape index (κ2) is 11.3. The van der Waals surface area contributed by atoms with Gasteiger partial charge in [-0.15, -0.1) is 0 Å². The summed E-state index contributed by atoms with van der Waals surface area (Å²) in [4.78, 5) is 0. The fraction of sp³-hybridized carbons (Fsp3) is 0.571. The molecule has 32 heavy (non-hydrogen) atoms. The second-order valence-electron chi connectivity index (χ2n) is 10.6. The van der Waals surface area contributed by atoms with Crippen molar-refractivity contribution < 1.29 is 13.6 Å². The Balaban J connectivity index is 2.47. The van der Waals surface area contributed by atoms with Gasteiger partial charge in [0.05, 0.1) is 11.8 Å². The third-order valence-electron chi connectivity index (χ3n) is 6.32. The molecular weight excluding hydrogens is 412 g/mol. The number of hydrogen-bond donors (Lipinski definition) is 0. The molecule has 0 aliphatic heterocycles. The average molecular weight is 457 g/mol. The van der Waals surface area contributed by atoms with Crippen LogP contribution in [0, 0.1) is 5.92 Å². The van der Waals surface area contributed by atoms with Crippen molar-refractivity contribution in [2.45, 2.75) is 92.3 Å². The van der Waals surface area contributed by atoms with Crippen LogP contribution in [0.3, 0.4) is 0 Å². The van der Waals surface area contributed by atoms with Crippen molar-refractivity contribution in [3.8, 4) is 22.8 Å². The van der Waals surface area contributed by atoms with E-state index in [1.807, 2.05) is 18.4 Å². The molecule has 178 valence electrons. The SMILES string of the molecule is CC(C)=CCOc1ccc(-c2c(CC(C)C)coc2O[Si](C(C)C)(C(C)C)C(C)C)cc1. The van der Waals surface area contributed by atoms with E-state index in [-0.39, 0.29) is 0 Å². The highest BCUT2D eigenvalue weighted by molar-refractivity contribution is 6.78. The Morgan fingerprint density at radius 1 is 0.906 bits per heavy atom. The average Bonchev–Trinajstić information content (AvgIpc) is 3.06. The van der Waals surface area contributed by atoms with Gasteiger partial charge in [0.2, 0.25) is 0 Å². The first-order valence-electron chi connectivity index (χ1n) is 12.1. The molecular formula is C28H44O3Si. The van der Waals surface area contributed by atoms with Gasteiger partial charge in [-0.25, -0.2) is 0 Å². The highest BCUT2D eigenvalue weighted by atomic mass is 28.4. The Morgan fingerprint density at radius 2 is 1.47 bits per heavy atom. The van der Waals surface area contributed by atoms with Gasteiger partial charge < -0.3 is 13.6 Å². The zero-order valence-electron chi connectivity index (χ0n) is 21.9. The van der Waals surface area contributed by atoms with Gasteiger partial charge in [-0.3, -0.25) is 0 Å². The minimum absolute atomic E-state index is 0.486. The van der Waals surface area contributed by atoms with Gasteiger partial charge in [-0.05, 0) is 66.6 Å². The van der Waals surface area contributed by atoms with Gasteiger partial charge in [0.1, 0.15) is 12.4 Å². The van der Waals surface area contributed by atoms with Crippen LogP contribution in [0.5, 0.6) is 11.7 Å². The number of benzene rings is 1. The summed E-state index contributed by atoms with van der Waals surface area (Å²) >= 11 is 0. The number of rotatable bonds is 11. The van der Waals surface area contributed by atoms with E-state index in [2.05, 4.69) is 87.4 Å². The van der Waals surface area contributed by atoms with E-state index in [0.29, 0.717) is 35.1 Å². The Morgan fingerprint density at radius 3 is 1.94 bits per heavy atom. The van der Waals surface area contributed by atoms with E-state index < -0.39 is 8.32 Å². The highest BCUT2D eigenvalue weighted by Gasteiger charge is 2.48. The normalized spacial score (nSPS) is 12.2. The molecule has 4 heteroatoms. The first kappa shape index (κ1) is 26.3. The van der Waals surface area contributed by atoms with Crippen LogP contribution in [0.15, 0.2) is 46.6 Å². The van der Waals surface area contributed by atoms with Gasteiger partial charge in [0.25, 0.3) is 14.3 Å². The molecule has 0 atom stereocenters. The van der Waals surface area contributed by atoms with Crippen molar-refractivity contribution in [2.75, 3.05) is 6.61 Å². The largest absolute Gasteiger partial charge is 0.517 e. The molecule has 2 rings (SSSR count). The van der Waals surface area contributed by atoms with Crippen molar-refractivity contribution in [2.24, 2.45) is 5.92 Å². The summed E-state index contributed by atoms with van der Waals surface area (Å²) in [6.45, 7) is 23.1. The lowest BCUT2D eigenvalue weighted by atomic mass is 9.97. The van der Waals surface area contributed by atoms with Crippen LogP contribution >= 0.6 is 0 Å². The monoisotopic (exact) mass is 456 g/mol. The van der Waals surface area contributed by atoms with Crippen LogP contribution in [0.25, 0.3) is 11.1 Å². The predicted molar refractivity (Wildman–Crippen MR) is 139 cm³/mol. The Hall–Kier alpha value is -1.94. The lowest BCUT2D eigenvalue weighted by Crippen LogP contribution is -2.50. The maximum atomic E-state index is 6.99. The van der Waals surface area contributed by atoms with Crippen LogP contribution in [0.2, 0.25) is 16.6 Å². The molecule has 0 amide bonds. The standard InChI is InChI=1S/C28H44O3Si/c1-19(2)15-16-29-26-13-11-24(12-14-26)27-25(17-20(3)4)18-30-28(27)31-32(21(5)6,22(7)8)23(9)10/h11-15,18,20-23H,16-17H2,1-10H3. The summed E-state index contributed by atoms with van der Waals surface area (Å²) in [5, 5.41) is 0. The van der Waals surface area contributed by atoms with E-state index in [1.165, 1.54) is 11.1 Å². The van der Waals surface area contributed by atoms with Crippen LogP contribution < -0.4 is 9.16 Å². The molecule has 1 aromatic heterocycles. The summed E-state index contributed by atoms with van der Waals surface area (Å²) in [5.41, 5.74) is 6.16. The number of furan rings is 1. The maximum absolute atomic E-state index is 6.99. The number of hydrogen-bond acceptors (Lipinski definition) is 3. The minimum atomic E-state index is -2.12. The summed E-state index contributed by atoms with van der Waals surface area (Å²) in [6.07, 6.45) is 4.95. The molecule has 0 saturated heterocycles. The lowest BCUT2D eigenvalue weighted by molar-refractivity contribution is 0.359. The van der Waals surface area contributed by atoms with E-state index in [1.54, 1.807) is 0 Å². The van der Waals surface area contributed by atoms with E-state index in [9.17, 15) is 0 Å². The zero-order valence-corrected chi connectivity index (χ0v) is 22.9. The van der Waals surface area contributed by atoms with Gasteiger partial charge in [0, 0.05) is 5.56 Å². The third-order valence-corrected chi connectivity index (χ3v) is 12.3. The Labute approximate surface area is 197 Å². The smallest absolute Gasteiger partial charge is 0.278 e. The molecule has 3 nitrogen and oxygen atoms in total. The van der Waals surface area contributed by atoms with Crippen molar-refractivity contribution in [1.82, 2.24) is 0 Å². The van der Waals surface area contributed by atoms with Crippen molar-refractivity contribution in [3.63, 3.8) is 0 Å².